The van der Waals surface area contributed by atoms with Crippen molar-refractivity contribution in [3.05, 3.63) is 70.8 Å². The van der Waals surface area contributed by atoms with Crippen molar-refractivity contribution in [1.82, 2.24) is 14.7 Å². The van der Waals surface area contributed by atoms with Crippen molar-refractivity contribution >= 4 is 17.7 Å². The van der Waals surface area contributed by atoms with E-state index in [1.807, 2.05) is 0 Å². The Labute approximate surface area is 177 Å². The number of benzene rings is 2. The molecule has 4 rings (SSSR count). The molecule has 0 radical (unpaired) electrons. The molecule has 0 atom stereocenters. The van der Waals surface area contributed by atoms with Crippen LogP contribution in [0.2, 0.25) is 0 Å². The second-order valence-electron chi connectivity index (χ2n) is 8.30. The van der Waals surface area contributed by atoms with Gasteiger partial charge in [-0.3, -0.25) is 24.2 Å². The van der Waals surface area contributed by atoms with E-state index >= 15 is 0 Å². The number of rotatable bonds is 5. The Bertz CT molecular complexity index is 925. The molecule has 0 N–H and O–H groups in total. The van der Waals surface area contributed by atoms with Crippen molar-refractivity contribution < 1.29 is 14.4 Å². The Kier molecular flexibility index (Phi) is 5.68. The largest absolute Gasteiger partial charge is 0.339 e. The number of hydrogen-bond acceptors (Lipinski definition) is 4. The van der Waals surface area contributed by atoms with Crippen LogP contribution in [-0.4, -0.2) is 65.1 Å². The summed E-state index contributed by atoms with van der Waals surface area (Å²) < 4.78 is 0. The smallest absolute Gasteiger partial charge is 0.262 e. The van der Waals surface area contributed by atoms with Crippen LogP contribution in [0.5, 0.6) is 0 Å². The van der Waals surface area contributed by atoms with Crippen molar-refractivity contribution in [2.45, 2.75) is 26.3 Å². The molecule has 2 aromatic rings. The summed E-state index contributed by atoms with van der Waals surface area (Å²) in [6, 6.07) is 15.4. The van der Waals surface area contributed by atoms with E-state index < -0.39 is 0 Å². The fourth-order valence-electron chi connectivity index (χ4n) is 4.04. The number of carbonyl (C=O) groups excluding carboxylic acids is 3. The van der Waals surface area contributed by atoms with E-state index in [1.165, 1.54) is 11.1 Å². The first-order valence-corrected chi connectivity index (χ1v) is 10.5. The van der Waals surface area contributed by atoms with E-state index in [1.54, 1.807) is 29.2 Å². The van der Waals surface area contributed by atoms with Gasteiger partial charge in [0.25, 0.3) is 11.8 Å². The molecule has 2 aliphatic rings. The zero-order valence-corrected chi connectivity index (χ0v) is 17.5. The highest BCUT2D eigenvalue weighted by molar-refractivity contribution is 6.22. The molecule has 1 saturated heterocycles. The molecule has 0 unspecified atom stereocenters. The van der Waals surface area contributed by atoms with Gasteiger partial charge in [-0.2, -0.15) is 0 Å². The van der Waals surface area contributed by atoms with Crippen LogP contribution in [0.25, 0.3) is 0 Å². The number of carbonyl (C=O) groups is 3. The topological polar surface area (TPSA) is 60.9 Å². The summed E-state index contributed by atoms with van der Waals surface area (Å²) in [6.45, 7) is 7.81. The lowest BCUT2D eigenvalue weighted by Crippen LogP contribution is -2.51. The molecule has 1 fully saturated rings. The van der Waals surface area contributed by atoms with Gasteiger partial charge in [0.2, 0.25) is 5.91 Å². The van der Waals surface area contributed by atoms with Crippen LogP contribution in [0.1, 0.15) is 51.6 Å². The monoisotopic (exact) mass is 405 g/mol. The molecule has 2 heterocycles. The van der Waals surface area contributed by atoms with Gasteiger partial charge < -0.3 is 4.90 Å². The van der Waals surface area contributed by atoms with Crippen molar-refractivity contribution in [3.63, 3.8) is 0 Å². The zero-order chi connectivity index (χ0) is 21.3. The minimum Gasteiger partial charge on any atom is -0.339 e. The summed E-state index contributed by atoms with van der Waals surface area (Å²) in [5.74, 6) is -0.416. The molecule has 0 spiro atoms. The van der Waals surface area contributed by atoms with Crippen LogP contribution in [0, 0.1) is 0 Å². The van der Waals surface area contributed by atoms with Crippen LogP contribution < -0.4 is 0 Å². The van der Waals surface area contributed by atoms with E-state index in [2.05, 4.69) is 43.0 Å². The molecule has 2 aliphatic heterocycles. The van der Waals surface area contributed by atoms with Crippen LogP contribution >= 0.6 is 0 Å². The third kappa shape index (κ3) is 4.00. The standard InChI is InChI=1S/C24H27N3O3/c1-17(2)19-9-7-18(8-10-19)15-25-11-13-26(14-12-25)22(28)16-27-23(29)20-5-3-4-6-21(20)24(27)30/h3-10,17H,11-16H2,1-2H3. The second kappa shape index (κ2) is 8.40. The van der Waals surface area contributed by atoms with E-state index in [0.717, 1.165) is 24.5 Å². The average Bonchev–Trinajstić information content (AvgIpc) is 3.00. The van der Waals surface area contributed by atoms with Crippen molar-refractivity contribution in [2.24, 2.45) is 0 Å². The van der Waals surface area contributed by atoms with Crippen molar-refractivity contribution in [3.8, 4) is 0 Å². The summed E-state index contributed by atoms with van der Waals surface area (Å²) >= 11 is 0. The minimum absolute atomic E-state index is 0.176. The Balaban J connectivity index is 1.30. The second-order valence-corrected chi connectivity index (χ2v) is 8.30. The molecule has 3 amide bonds. The van der Waals surface area contributed by atoms with Gasteiger partial charge in [-0.25, -0.2) is 0 Å². The molecular formula is C24H27N3O3. The van der Waals surface area contributed by atoms with Crippen molar-refractivity contribution in [2.75, 3.05) is 32.7 Å². The molecule has 0 aromatic heterocycles. The molecule has 30 heavy (non-hydrogen) atoms. The predicted octanol–water partition coefficient (Wildman–Crippen LogP) is 2.75. The normalized spacial score (nSPS) is 17.0. The lowest BCUT2D eigenvalue weighted by Gasteiger charge is -2.35. The summed E-state index contributed by atoms with van der Waals surface area (Å²) in [5.41, 5.74) is 3.36. The Hall–Kier alpha value is -2.99. The highest BCUT2D eigenvalue weighted by atomic mass is 16.2. The minimum atomic E-state index is -0.382. The van der Waals surface area contributed by atoms with Crippen LogP contribution in [0.3, 0.4) is 0 Å². The maximum Gasteiger partial charge on any atom is 0.262 e. The van der Waals surface area contributed by atoms with Gasteiger partial charge in [0.15, 0.2) is 0 Å². The molecule has 0 bridgehead atoms. The molecule has 156 valence electrons. The lowest BCUT2D eigenvalue weighted by atomic mass is 10.0. The van der Waals surface area contributed by atoms with Crippen LogP contribution in [-0.2, 0) is 11.3 Å². The predicted molar refractivity (Wildman–Crippen MR) is 114 cm³/mol. The lowest BCUT2D eigenvalue weighted by molar-refractivity contribution is -0.133. The first kappa shape index (κ1) is 20.3. The molecule has 2 aromatic carbocycles. The maximum atomic E-state index is 12.7. The fourth-order valence-corrected chi connectivity index (χ4v) is 4.04. The Morgan fingerprint density at radius 1 is 0.867 bits per heavy atom. The van der Waals surface area contributed by atoms with Gasteiger partial charge in [0, 0.05) is 32.7 Å². The Morgan fingerprint density at radius 2 is 1.43 bits per heavy atom. The molecule has 0 aliphatic carbocycles. The number of nitrogens with zero attached hydrogens (tertiary/aromatic N) is 3. The van der Waals surface area contributed by atoms with Gasteiger partial charge in [-0.15, -0.1) is 0 Å². The van der Waals surface area contributed by atoms with E-state index in [0.29, 0.717) is 30.1 Å². The third-order valence-corrected chi connectivity index (χ3v) is 5.95. The van der Waals surface area contributed by atoms with Crippen LogP contribution in [0.4, 0.5) is 0 Å². The quantitative estimate of drug-likeness (QED) is 0.718. The van der Waals surface area contributed by atoms with Crippen LogP contribution in [0.15, 0.2) is 48.5 Å². The first-order valence-electron chi connectivity index (χ1n) is 10.5. The van der Waals surface area contributed by atoms with Gasteiger partial charge in [-0.1, -0.05) is 50.2 Å². The number of piperazine rings is 1. The van der Waals surface area contributed by atoms with Gasteiger partial charge in [0.05, 0.1) is 11.1 Å². The van der Waals surface area contributed by atoms with Crippen molar-refractivity contribution in [1.29, 1.82) is 0 Å². The summed E-state index contributed by atoms with van der Waals surface area (Å²) in [5, 5.41) is 0. The number of imide groups is 1. The molecule has 0 saturated carbocycles. The maximum absolute atomic E-state index is 12.7. The van der Waals surface area contributed by atoms with Gasteiger partial charge >= 0.3 is 0 Å². The Morgan fingerprint density at radius 3 is 1.97 bits per heavy atom. The number of amides is 3. The molecule has 6 heteroatoms. The SMILES string of the molecule is CC(C)c1ccc(CN2CCN(C(=O)CN3C(=O)c4ccccc4C3=O)CC2)cc1. The van der Waals surface area contributed by atoms with Gasteiger partial charge in [0.1, 0.15) is 6.54 Å². The summed E-state index contributed by atoms with van der Waals surface area (Å²) in [6.07, 6.45) is 0. The molecule has 6 nitrogen and oxygen atoms in total. The fraction of sp³-hybridized carbons (Fsp3) is 0.375. The highest BCUT2D eigenvalue weighted by Gasteiger charge is 2.37. The summed E-state index contributed by atoms with van der Waals surface area (Å²) in [4.78, 5) is 42.8. The van der Waals surface area contributed by atoms with E-state index in [9.17, 15) is 14.4 Å². The zero-order valence-electron chi connectivity index (χ0n) is 17.5. The summed E-state index contributed by atoms with van der Waals surface area (Å²) in [7, 11) is 0. The van der Waals surface area contributed by atoms with E-state index in [-0.39, 0.29) is 24.3 Å². The molecular weight excluding hydrogens is 378 g/mol. The number of hydrogen-bond donors (Lipinski definition) is 0. The third-order valence-electron chi connectivity index (χ3n) is 5.95. The number of fused-ring (bicyclic) bond motifs is 1. The van der Waals surface area contributed by atoms with Gasteiger partial charge in [-0.05, 0) is 29.2 Å². The first-order chi connectivity index (χ1) is 14.4. The van der Waals surface area contributed by atoms with E-state index in [4.69, 9.17) is 0 Å². The average molecular weight is 405 g/mol. The highest BCUT2D eigenvalue weighted by Crippen LogP contribution is 2.22.